The SMILES string of the molecule is COc1ccc(C(=O)c2c(C)c(C#N)c(=O)n(CC(C)C)c2O)cc1Cl. The van der Waals surface area contributed by atoms with E-state index in [-0.39, 0.29) is 39.7 Å². The number of halogens is 1. The number of pyridine rings is 1. The van der Waals surface area contributed by atoms with E-state index in [1.54, 1.807) is 0 Å². The molecule has 0 aliphatic heterocycles. The standard InChI is InChI=1S/C19H19ClN2O4/c1-10(2)9-22-18(24)13(8-21)11(3)16(19(22)25)17(23)12-5-6-15(26-4)14(20)7-12/h5-7,10,25H,9H2,1-4H3. The van der Waals surface area contributed by atoms with E-state index in [1.165, 1.54) is 32.2 Å². The fraction of sp³-hybridized carbons (Fsp3) is 0.316. The number of methoxy groups -OCH3 is 1. The number of carbonyl (C=O) groups is 1. The van der Waals surface area contributed by atoms with Crippen molar-refractivity contribution in [1.29, 1.82) is 5.26 Å². The van der Waals surface area contributed by atoms with E-state index in [2.05, 4.69) is 0 Å². The summed E-state index contributed by atoms with van der Waals surface area (Å²) in [7, 11) is 1.46. The third kappa shape index (κ3) is 3.44. The van der Waals surface area contributed by atoms with Gasteiger partial charge in [-0.15, -0.1) is 0 Å². The Bertz CT molecular complexity index is 971. The zero-order chi connectivity index (χ0) is 19.6. The van der Waals surface area contributed by atoms with Gasteiger partial charge in [0.1, 0.15) is 17.4 Å². The van der Waals surface area contributed by atoms with Gasteiger partial charge in [0, 0.05) is 12.1 Å². The van der Waals surface area contributed by atoms with Crippen molar-refractivity contribution in [2.45, 2.75) is 27.3 Å². The minimum Gasteiger partial charge on any atom is -0.495 e. The minimum absolute atomic E-state index is 0.0335. The summed E-state index contributed by atoms with van der Waals surface area (Å²) >= 11 is 6.08. The second-order valence-corrected chi connectivity index (χ2v) is 6.71. The molecule has 1 N–H and O–H groups in total. The van der Waals surface area contributed by atoms with Crippen LogP contribution < -0.4 is 10.3 Å². The molecule has 2 aromatic rings. The Labute approximate surface area is 156 Å². The van der Waals surface area contributed by atoms with Gasteiger partial charge in [0.2, 0.25) is 5.88 Å². The highest BCUT2D eigenvalue weighted by Crippen LogP contribution is 2.29. The Morgan fingerprint density at radius 1 is 1.42 bits per heavy atom. The van der Waals surface area contributed by atoms with Gasteiger partial charge in [-0.3, -0.25) is 14.2 Å². The molecular weight excluding hydrogens is 356 g/mol. The third-order valence-corrected chi connectivity index (χ3v) is 4.28. The highest BCUT2D eigenvalue weighted by molar-refractivity contribution is 6.32. The highest BCUT2D eigenvalue weighted by atomic mass is 35.5. The van der Waals surface area contributed by atoms with Crippen molar-refractivity contribution in [2.24, 2.45) is 5.92 Å². The number of aromatic nitrogens is 1. The van der Waals surface area contributed by atoms with E-state index >= 15 is 0 Å². The molecule has 1 aromatic carbocycles. The Kier molecular flexibility index (Phi) is 5.73. The Morgan fingerprint density at radius 2 is 2.08 bits per heavy atom. The average Bonchev–Trinajstić information content (AvgIpc) is 2.58. The van der Waals surface area contributed by atoms with Gasteiger partial charge in [-0.25, -0.2) is 0 Å². The van der Waals surface area contributed by atoms with Crippen LogP contribution in [-0.4, -0.2) is 22.6 Å². The monoisotopic (exact) mass is 374 g/mol. The highest BCUT2D eigenvalue weighted by Gasteiger charge is 2.25. The number of aromatic hydroxyl groups is 1. The topological polar surface area (TPSA) is 92.3 Å². The first-order chi connectivity index (χ1) is 12.2. The average molecular weight is 375 g/mol. The molecule has 136 valence electrons. The molecule has 1 aromatic heterocycles. The molecular formula is C19H19ClN2O4. The summed E-state index contributed by atoms with van der Waals surface area (Å²) in [5.41, 5.74) is -0.491. The Balaban J connectivity index is 2.72. The Morgan fingerprint density at radius 3 is 2.58 bits per heavy atom. The molecule has 26 heavy (non-hydrogen) atoms. The molecule has 1 heterocycles. The van der Waals surface area contributed by atoms with Gasteiger partial charge in [-0.2, -0.15) is 5.26 Å². The van der Waals surface area contributed by atoms with Gasteiger partial charge in [0.15, 0.2) is 5.78 Å². The molecule has 0 saturated heterocycles. The van der Waals surface area contributed by atoms with Crippen LogP contribution in [-0.2, 0) is 6.54 Å². The first kappa shape index (κ1) is 19.5. The second-order valence-electron chi connectivity index (χ2n) is 6.30. The maximum Gasteiger partial charge on any atom is 0.271 e. The summed E-state index contributed by atoms with van der Waals surface area (Å²) < 4.78 is 6.13. The number of hydrogen-bond donors (Lipinski definition) is 1. The number of ketones is 1. The summed E-state index contributed by atoms with van der Waals surface area (Å²) in [4.78, 5) is 25.4. The molecule has 0 aliphatic carbocycles. The van der Waals surface area contributed by atoms with Crippen LogP contribution in [0.5, 0.6) is 11.6 Å². The Hall–Kier alpha value is -2.78. The quantitative estimate of drug-likeness (QED) is 0.811. The fourth-order valence-corrected chi connectivity index (χ4v) is 2.97. The zero-order valence-corrected chi connectivity index (χ0v) is 15.7. The normalized spacial score (nSPS) is 10.7. The first-order valence-electron chi connectivity index (χ1n) is 7.97. The van der Waals surface area contributed by atoms with E-state index in [4.69, 9.17) is 16.3 Å². The van der Waals surface area contributed by atoms with Crippen LogP contribution in [0.2, 0.25) is 5.02 Å². The van der Waals surface area contributed by atoms with Gasteiger partial charge in [0.05, 0.1) is 17.7 Å². The number of nitriles is 1. The number of ether oxygens (including phenoxy) is 1. The smallest absolute Gasteiger partial charge is 0.271 e. The predicted octanol–water partition coefficient (Wildman–Crippen LogP) is 3.28. The zero-order valence-electron chi connectivity index (χ0n) is 15.0. The lowest BCUT2D eigenvalue weighted by Crippen LogP contribution is -2.28. The molecule has 6 nitrogen and oxygen atoms in total. The fourth-order valence-electron chi connectivity index (χ4n) is 2.71. The van der Waals surface area contributed by atoms with Gasteiger partial charge < -0.3 is 9.84 Å². The van der Waals surface area contributed by atoms with Crippen LogP contribution in [0, 0.1) is 24.2 Å². The lowest BCUT2D eigenvalue weighted by molar-refractivity contribution is 0.103. The molecule has 0 unspecified atom stereocenters. The summed E-state index contributed by atoms with van der Waals surface area (Å²) in [6, 6.07) is 6.31. The van der Waals surface area contributed by atoms with E-state index < -0.39 is 17.2 Å². The van der Waals surface area contributed by atoms with Crippen molar-refractivity contribution in [3.8, 4) is 17.7 Å². The van der Waals surface area contributed by atoms with Gasteiger partial charge in [-0.05, 0) is 36.6 Å². The number of benzene rings is 1. The van der Waals surface area contributed by atoms with E-state index in [0.29, 0.717) is 5.75 Å². The van der Waals surface area contributed by atoms with E-state index in [0.717, 1.165) is 4.57 Å². The summed E-state index contributed by atoms with van der Waals surface area (Å²) in [5, 5.41) is 20.2. The maximum atomic E-state index is 13.0. The molecule has 0 radical (unpaired) electrons. The van der Waals surface area contributed by atoms with E-state index in [9.17, 15) is 20.0 Å². The van der Waals surface area contributed by atoms with Crippen molar-refractivity contribution < 1.29 is 14.6 Å². The molecule has 0 atom stereocenters. The van der Waals surface area contributed by atoms with Crippen molar-refractivity contribution in [1.82, 2.24) is 4.57 Å². The van der Waals surface area contributed by atoms with Crippen LogP contribution in [0.25, 0.3) is 0 Å². The van der Waals surface area contributed by atoms with Crippen LogP contribution in [0.4, 0.5) is 0 Å². The van der Waals surface area contributed by atoms with Crippen molar-refractivity contribution in [3.63, 3.8) is 0 Å². The van der Waals surface area contributed by atoms with Gasteiger partial charge in [0.25, 0.3) is 5.56 Å². The number of nitrogens with zero attached hydrogens (tertiary/aromatic N) is 2. The summed E-state index contributed by atoms with van der Waals surface area (Å²) in [5.74, 6) is -0.534. The molecule has 0 amide bonds. The molecule has 0 aliphatic rings. The number of hydrogen-bond acceptors (Lipinski definition) is 5. The largest absolute Gasteiger partial charge is 0.495 e. The van der Waals surface area contributed by atoms with Crippen molar-refractivity contribution in [3.05, 3.63) is 55.8 Å². The van der Waals surface area contributed by atoms with E-state index in [1.807, 2.05) is 19.9 Å². The number of carbonyl (C=O) groups excluding carboxylic acids is 1. The maximum absolute atomic E-state index is 13.0. The van der Waals surface area contributed by atoms with Gasteiger partial charge >= 0.3 is 0 Å². The lowest BCUT2D eigenvalue weighted by atomic mass is 9.97. The van der Waals surface area contributed by atoms with Gasteiger partial charge in [-0.1, -0.05) is 25.4 Å². The summed E-state index contributed by atoms with van der Waals surface area (Å²) in [6.07, 6.45) is 0. The molecule has 7 heteroatoms. The van der Waals surface area contributed by atoms with Crippen molar-refractivity contribution in [2.75, 3.05) is 7.11 Å². The first-order valence-corrected chi connectivity index (χ1v) is 8.35. The number of rotatable bonds is 5. The molecule has 0 saturated carbocycles. The van der Waals surface area contributed by atoms with Crippen LogP contribution in [0.3, 0.4) is 0 Å². The van der Waals surface area contributed by atoms with Crippen molar-refractivity contribution >= 4 is 17.4 Å². The summed E-state index contributed by atoms with van der Waals surface area (Å²) in [6.45, 7) is 5.38. The lowest BCUT2D eigenvalue weighted by Gasteiger charge is -2.17. The molecule has 0 bridgehead atoms. The van der Waals surface area contributed by atoms with Crippen LogP contribution in [0.1, 0.15) is 40.9 Å². The van der Waals surface area contributed by atoms with Crippen LogP contribution in [0.15, 0.2) is 23.0 Å². The molecule has 2 rings (SSSR count). The third-order valence-electron chi connectivity index (χ3n) is 3.99. The molecule has 0 fully saturated rings. The minimum atomic E-state index is -0.611. The second kappa shape index (κ2) is 7.63. The molecule has 0 spiro atoms. The predicted molar refractivity (Wildman–Crippen MR) is 98.1 cm³/mol. The van der Waals surface area contributed by atoms with Crippen LogP contribution >= 0.6 is 11.6 Å².